The number of nitrogens with zero attached hydrogens (tertiary/aromatic N) is 2. The zero-order chi connectivity index (χ0) is 16.9. The Hall–Kier alpha value is -2.14. The van der Waals surface area contributed by atoms with Gasteiger partial charge in [-0.25, -0.2) is 4.79 Å². The Morgan fingerprint density at radius 1 is 1.04 bits per heavy atom. The van der Waals surface area contributed by atoms with Gasteiger partial charge >= 0.3 is 6.03 Å². The first kappa shape index (κ1) is 16.7. The van der Waals surface area contributed by atoms with Gasteiger partial charge in [-0.3, -0.25) is 9.11 Å². The SMILES string of the molecule is CCN(C(=O)N1CCS(=O)CC1)c1cccc(-c2ccccc2)c1. The van der Waals surface area contributed by atoms with Gasteiger partial charge in [0.2, 0.25) is 0 Å². The van der Waals surface area contributed by atoms with Crippen LogP contribution < -0.4 is 4.90 Å². The van der Waals surface area contributed by atoms with E-state index in [0.717, 1.165) is 16.8 Å². The lowest BCUT2D eigenvalue weighted by molar-refractivity contribution is 0.209. The predicted octanol–water partition coefficient (Wildman–Crippen LogP) is 3.36. The van der Waals surface area contributed by atoms with Crippen LogP contribution in [0.2, 0.25) is 0 Å². The molecule has 2 aromatic rings. The Balaban J connectivity index is 1.83. The van der Waals surface area contributed by atoms with Crippen molar-refractivity contribution >= 4 is 22.5 Å². The first-order valence-corrected chi connectivity index (χ1v) is 9.74. The van der Waals surface area contributed by atoms with Crippen molar-refractivity contribution < 1.29 is 9.00 Å². The largest absolute Gasteiger partial charge is 0.324 e. The molecule has 0 unspecified atom stereocenters. The van der Waals surface area contributed by atoms with Crippen LogP contribution >= 0.6 is 0 Å². The van der Waals surface area contributed by atoms with Crippen LogP contribution in [0.1, 0.15) is 6.92 Å². The minimum atomic E-state index is -0.778. The summed E-state index contributed by atoms with van der Waals surface area (Å²) in [6, 6.07) is 18.2. The number of carbonyl (C=O) groups excluding carboxylic acids is 1. The zero-order valence-corrected chi connectivity index (χ0v) is 14.7. The van der Waals surface area contributed by atoms with Gasteiger partial charge in [0.1, 0.15) is 0 Å². The van der Waals surface area contributed by atoms with Crippen molar-refractivity contribution in [1.82, 2.24) is 4.90 Å². The van der Waals surface area contributed by atoms with E-state index in [1.807, 2.05) is 37.3 Å². The van der Waals surface area contributed by atoms with Crippen LogP contribution in [0.3, 0.4) is 0 Å². The Bertz CT molecular complexity index is 723. The number of benzene rings is 2. The summed E-state index contributed by atoms with van der Waals surface area (Å²) in [7, 11) is -0.778. The summed E-state index contributed by atoms with van der Waals surface area (Å²) in [4.78, 5) is 16.4. The molecule has 2 amide bonds. The van der Waals surface area contributed by atoms with E-state index in [2.05, 4.69) is 24.3 Å². The highest BCUT2D eigenvalue weighted by atomic mass is 32.2. The van der Waals surface area contributed by atoms with Crippen LogP contribution in [0.15, 0.2) is 54.6 Å². The van der Waals surface area contributed by atoms with E-state index in [-0.39, 0.29) is 6.03 Å². The van der Waals surface area contributed by atoms with Crippen LogP contribution in [0.4, 0.5) is 10.5 Å². The summed E-state index contributed by atoms with van der Waals surface area (Å²) in [5, 5.41) is 0. The summed E-state index contributed by atoms with van der Waals surface area (Å²) in [5.41, 5.74) is 3.13. The zero-order valence-electron chi connectivity index (χ0n) is 13.9. The Morgan fingerprint density at radius 2 is 1.71 bits per heavy atom. The summed E-state index contributed by atoms with van der Waals surface area (Å²) < 4.78 is 11.5. The molecule has 1 aliphatic heterocycles. The van der Waals surface area contributed by atoms with E-state index in [1.165, 1.54) is 0 Å². The average molecular weight is 342 g/mol. The molecule has 3 rings (SSSR count). The maximum atomic E-state index is 12.8. The highest BCUT2D eigenvalue weighted by Crippen LogP contribution is 2.25. The van der Waals surface area contributed by atoms with E-state index >= 15 is 0 Å². The third-order valence-electron chi connectivity index (χ3n) is 4.26. The quantitative estimate of drug-likeness (QED) is 0.858. The maximum Gasteiger partial charge on any atom is 0.324 e. The van der Waals surface area contributed by atoms with Crippen LogP contribution in [-0.2, 0) is 10.8 Å². The molecule has 1 saturated heterocycles. The lowest BCUT2D eigenvalue weighted by Gasteiger charge is -2.32. The standard InChI is InChI=1S/C19H22N2O2S/c1-2-21(19(22)20-11-13-24(23)14-12-20)18-10-6-9-17(15-18)16-7-4-3-5-8-16/h3-10,15H,2,11-14H2,1H3. The number of urea groups is 1. The van der Waals surface area contributed by atoms with Gasteiger partial charge in [-0.2, -0.15) is 0 Å². The van der Waals surface area contributed by atoms with Crippen LogP contribution in [0.5, 0.6) is 0 Å². The highest BCUT2D eigenvalue weighted by Gasteiger charge is 2.25. The van der Waals surface area contributed by atoms with Gasteiger partial charge in [0.05, 0.1) is 0 Å². The molecule has 4 nitrogen and oxygen atoms in total. The number of rotatable bonds is 3. The summed E-state index contributed by atoms with van der Waals surface area (Å²) in [6.45, 7) is 3.73. The van der Waals surface area contributed by atoms with Gasteiger partial charge in [0, 0.05) is 47.6 Å². The van der Waals surface area contributed by atoms with Crippen molar-refractivity contribution in [1.29, 1.82) is 0 Å². The molecule has 0 radical (unpaired) electrons. The van der Waals surface area contributed by atoms with Crippen molar-refractivity contribution in [3.63, 3.8) is 0 Å². The fraction of sp³-hybridized carbons (Fsp3) is 0.316. The highest BCUT2D eigenvalue weighted by molar-refractivity contribution is 7.85. The number of hydrogen-bond donors (Lipinski definition) is 0. The number of hydrogen-bond acceptors (Lipinski definition) is 2. The molecular formula is C19H22N2O2S. The molecule has 2 aromatic carbocycles. The second-order valence-corrected chi connectivity index (χ2v) is 7.47. The molecule has 0 saturated carbocycles. The molecule has 0 aromatic heterocycles. The van der Waals surface area contributed by atoms with Gasteiger partial charge in [0.25, 0.3) is 0 Å². The molecule has 0 spiro atoms. The summed E-state index contributed by atoms with van der Waals surface area (Å²) in [6.07, 6.45) is 0. The fourth-order valence-corrected chi connectivity index (χ4v) is 3.96. The van der Waals surface area contributed by atoms with Crippen molar-refractivity contribution in [3.05, 3.63) is 54.6 Å². The van der Waals surface area contributed by atoms with E-state index in [1.54, 1.807) is 9.80 Å². The van der Waals surface area contributed by atoms with Crippen molar-refractivity contribution in [2.45, 2.75) is 6.92 Å². The third kappa shape index (κ3) is 3.67. The molecule has 0 aliphatic carbocycles. The van der Waals surface area contributed by atoms with Crippen molar-refractivity contribution in [2.24, 2.45) is 0 Å². The van der Waals surface area contributed by atoms with Crippen LogP contribution in [0.25, 0.3) is 11.1 Å². The van der Waals surface area contributed by atoms with Gasteiger partial charge < -0.3 is 4.90 Å². The second-order valence-electron chi connectivity index (χ2n) is 5.78. The van der Waals surface area contributed by atoms with Crippen LogP contribution in [0, 0.1) is 0 Å². The molecule has 1 fully saturated rings. The lowest BCUT2D eigenvalue weighted by Crippen LogP contribution is -2.48. The topological polar surface area (TPSA) is 40.6 Å². The lowest BCUT2D eigenvalue weighted by atomic mass is 10.1. The van der Waals surface area contributed by atoms with Crippen molar-refractivity contribution in [3.8, 4) is 11.1 Å². The third-order valence-corrected chi connectivity index (χ3v) is 5.54. The maximum absolute atomic E-state index is 12.8. The van der Waals surface area contributed by atoms with E-state index in [9.17, 15) is 9.00 Å². The average Bonchev–Trinajstić information content (AvgIpc) is 2.64. The van der Waals surface area contributed by atoms with Gasteiger partial charge in [0.15, 0.2) is 0 Å². The molecule has 126 valence electrons. The van der Waals surface area contributed by atoms with Gasteiger partial charge in [-0.15, -0.1) is 0 Å². The van der Waals surface area contributed by atoms with Crippen LogP contribution in [-0.4, -0.2) is 46.3 Å². The van der Waals surface area contributed by atoms with E-state index in [0.29, 0.717) is 31.1 Å². The Morgan fingerprint density at radius 3 is 2.38 bits per heavy atom. The molecule has 1 aliphatic rings. The Kier molecular flexibility index (Phi) is 5.30. The summed E-state index contributed by atoms with van der Waals surface area (Å²) in [5.74, 6) is 1.15. The molecule has 5 heteroatoms. The minimum absolute atomic E-state index is 0.000545. The van der Waals surface area contributed by atoms with Gasteiger partial charge in [-0.1, -0.05) is 42.5 Å². The second kappa shape index (κ2) is 7.62. The van der Waals surface area contributed by atoms with Gasteiger partial charge in [-0.05, 0) is 30.2 Å². The van der Waals surface area contributed by atoms with E-state index < -0.39 is 10.8 Å². The van der Waals surface area contributed by atoms with Crippen molar-refractivity contribution in [2.75, 3.05) is 36.0 Å². The fourth-order valence-electron chi connectivity index (χ4n) is 2.91. The number of anilines is 1. The first-order valence-electron chi connectivity index (χ1n) is 8.26. The normalized spacial score (nSPS) is 15.3. The summed E-state index contributed by atoms with van der Waals surface area (Å²) >= 11 is 0. The predicted molar refractivity (Wildman–Crippen MR) is 99.7 cm³/mol. The minimum Gasteiger partial charge on any atom is -0.323 e. The molecule has 1 heterocycles. The molecule has 0 N–H and O–H groups in total. The van der Waals surface area contributed by atoms with E-state index in [4.69, 9.17) is 0 Å². The Labute approximate surface area is 145 Å². The molecular weight excluding hydrogens is 320 g/mol. The molecule has 0 atom stereocenters. The molecule has 24 heavy (non-hydrogen) atoms. The number of carbonyl (C=O) groups is 1. The number of amides is 2. The molecule has 0 bridgehead atoms. The smallest absolute Gasteiger partial charge is 0.323 e. The first-order chi connectivity index (χ1) is 11.7. The monoisotopic (exact) mass is 342 g/mol.